The van der Waals surface area contributed by atoms with Crippen molar-refractivity contribution in [3.8, 4) is 0 Å². The molecule has 1 N–H and O–H groups in total. The van der Waals surface area contributed by atoms with Gasteiger partial charge in [0.25, 0.3) is 0 Å². The lowest BCUT2D eigenvalue weighted by atomic mass is 9.85. The molecule has 0 bridgehead atoms. The van der Waals surface area contributed by atoms with Gasteiger partial charge in [-0.25, -0.2) is 0 Å². The Labute approximate surface area is 122 Å². The molecule has 0 aromatic heterocycles. The van der Waals surface area contributed by atoms with Gasteiger partial charge in [0.15, 0.2) is 0 Å². The first kappa shape index (κ1) is 14.9. The van der Waals surface area contributed by atoms with E-state index in [4.69, 9.17) is 11.6 Å². The Hall–Kier alpha value is -0.530. The van der Waals surface area contributed by atoms with Gasteiger partial charge in [0.2, 0.25) is 0 Å². The maximum atomic E-state index is 10.9. The average molecular weight is 281 g/mol. The van der Waals surface area contributed by atoms with Gasteiger partial charge in [0.05, 0.1) is 5.60 Å². The second-order valence-electron chi connectivity index (χ2n) is 6.43. The predicted octanol–water partition coefficient (Wildman–Crippen LogP) is 4.85. The van der Waals surface area contributed by atoms with Crippen molar-refractivity contribution in [3.05, 3.63) is 34.9 Å². The number of hydrogen-bond acceptors (Lipinski definition) is 1. The molecule has 2 unspecified atom stereocenters. The number of rotatable bonds is 3. The Morgan fingerprint density at radius 1 is 1.26 bits per heavy atom. The zero-order chi connectivity index (χ0) is 13.9. The van der Waals surface area contributed by atoms with E-state index in [2.05, 4.69) is 13.8 Å². The van der Waals surface area contributed by atoms with E-state index in [0.717, 1.165) is 48.1 Å². The summed E-state index contributed by atoms with van der Waals surface area (Å²) >= 11 is 6.21. The predicted molar refractivity (Wildman–Crippen MR) is 81.5 cm³/mol. The lowest BCUT2D eigenvalue weighted by Crippen LogP contribution is -2.31. The minimum atomic E-state index is -0.561. The summed E-state index contributed by atoms with van der Waals surface area (Å²) in [6, 6.07) is 7.88. The fourth-order valence-corrected chi connectivity index (χ4v) is 3.46. The van der Waals surface area contributed by atoms with Crippen molar-refractivity contribution in [2.24, 2.45) is 11.8 Å². The first-order valence-electron chi connectivity index (χ1n) is 7.46. The molecule has 0 amide bonds. The van der Waals surface area contributed by atoms with Crippen molar-refractivity contribution in [2.75, 3.05) is 0 Å². The lowest BCUT2D eigenvalue weighted by Gasteiger charge is -2.27. The van der Waals surface area contributed by atoms with Gasteiger partial charge in [-0.1, -0.05) is 56.5 Å². The molecular formula is C17H25ClO. The first-order valence-corrected chi connectivity index (χ1v) is 7.84. The molecule has 19 heavy (non-hydrogen) atoms. The van der Waals surface area contributed by atoms with Crippen molar-refractivity contribution in [1.82, 2.24) is 0 Å². The van der Waals surface area contributed by atoms with Crippen LogP contribution in [0, 0.1) is 11.8 Å². The summed E-state index contributed by atoms with van der Waals surface area (Å²) in [5.74, 6) is 1.49. The summed E-state index contributed by atoms with van der Waals surface area (Å²) in [5.41, 5.74) is 0.518. The zero-order valence-electron chi connectivity index (χ0n) is 12.0. The standard InChI is InChI=1S/C17H25ClO/c1-13(2)14-7-5-10-17(19,11-9-14)12-15-6-3-4-8-16(15)18/h3-4,6,8,13-14,19H,5,7,9-12H2,1-2H3. The van der Waals surface area contributed by atoms with Crippen LogP contribution in [0.3, 0.4) is 0 Å². The first-order chi connectivity index (χ1) is 9.00. The van der Waals surface area contributed by atoms with E-state index in [1.54, 1.807) is 0 Å². The van der Waals surface area contributed by atoms with Crippen molar-refractivity contribution in [3.63, 3.8) is 0 Å². The van der Waals surface area contributed by atoms with E-state index in [0.29, 0.717) is 6.42 Å². The van der Waals surface area contributed by atoms with Crippen molar-refractivity contribution >= 4 is 11.6 Å². The van der Waals surface area contributed by atoms with Crippen LogP contribution in [0.2, 0.25) is 5.02 Å². The van der Waals surface area contributed by atoms with E-state index in [1.165, 1.54) is 6.42 Å². The molecule has 1 aromatic rings. The Morgan fingerprint density at radius 2 is 2.00 bits per heavy atom. The molecule has 106 valence electrons. The molecule has 0 spiro atoms. The van der Waals surface area contributed by atoms with Crippen LogP contribution in [0.4, 0.5) is 0 Å². The van der Waals surface area contributed by atoms with Crippen molar-refractivity contribution in [2.45, 2.75) is 58.0 Å². The maximum Gasteiger partial charge on any atom is 0.0688 e. The van der Waals surface area contributed by atoms with Gasteiger partial charge in [0.1, 0.15) is 0 Å². The maximum absolute atomic E-state index is 10.9. The van der Waals surface area contributed by atoms with Crippen LogP contribution in [0.5, 0.6) is 0 Å². The van der Waals surface area contributed by atoms with Crippen LogP contribution in [0.25, 0.3) is 0 Å². The van der Waals surface area contributed by atoms with Crippen LogP contribution >= 0.6 is 11.6 Å². The highest BCUT2D eigenvalue weighted by Gasteiger charge is 2.32. The minimum absolute atomic E-state index is 0.561. The van der Waals surface area contributed by atoms with E-state index >= 15 is 0 Å². The number of aliphatic hydroxyl groups is 1. The minimum Gasteiger partial charge on any atom is -0.390 e. The molecular weight excluding hydrogens is 256 g/mol. The number of halogens is 1. The summed E-state index contributed by atoms with van der Waals surface area (Å²) in [4.78, 5) is 0. The highest BCUT2D eigenvalue weighted by atomic mass is 35.5. The molecule has 2 rings (SSSR count). The van der Waals surface area contributed by atoms with Crippen LogP contribution in [0.15, 0.2) is 24.3 Å². The third-order valence-corrected chi connectivity index (χ3v) is 4.99. The molecule has 0 radical (unpaired) electrons. The zero-order valence-corrected chi connectivity index (χ0v) is 12.8. The third kappa shape index (κ3) is 3.97. The van der Waals surface area contributed by atoms with E-state index in [9.17, 15) is 5.11 Å². The molecule has 1 aromatic carbocycles. The highest BCUT2D eigenvalue weighted by molar-refractivity contribution is 6.31. The molecule has 1 fully saturated rings. The van der Waals surface area contributed by atoms with E-state index in [1.807, 2.05) is 24.3 Å². The monoisotopic (exact) mass is 280 g/mol. The third-order valence-electron chi connectivity index (χ3n) is 4.62. The quantitative estimate of drug-likeness (QED) is 0.785. The Kier molecular flexibility index (Phi) is 4.92. The molecule has 0 heterocycles. The molecule has 2 heteroatoms. The normalized spacial score (nSPS) is 28.4. The molecule has 1 nitrogen and oxygen atoms in total. The fraction of sp³-hybridized carbons (Fsp3) is 0.647. The van der Waals surface area contributed by atoms with E-state index in [-0.39, 0.29) is 0 Å². The molecule has 1 aliphatic carbocycles. The summed E-state index contributed by atoms with van der Waals surface area (Å²) < 4.78 is 0. The summed E-state index contributed by atoms with van der Waals surface area (Å²) in [6.45, 7) is 4.59. The van der Waals surface area contributed by atoms with Gasteiger partial charge >= 0.3 is 0 Å². The van der Waals surface area contributed by atoms with Gasteiger partial charge in [0, 0.05) is 11.4 Å². The van der Waals surface area contributed by atoms with Gasteiger partial charge < -0.3 is 5.11 Å². The molecule has 1 aliphatic rings. The smallest absolute Gasteiger partial charge is 0.0688 e. The fourth-order valence-electron chi connectivity index (χ4n) is 3.26. The SMILES string of the molecule is CC(C)C1CCCC(O)(Cc2ccccc2Cl)CC1. The van der Waals surface area contributed by atoms with Gasteiger partial charge in [-0.15, -0.1) is 0 Å². The largest absolute Gasteiger partial charge is 0.390 e. The van der Waals surface area contributed by atoms with Crippen LogP contribution in [0.1, 0.15) is 51.5 Å². The molecule has 2 atom stereocenters. The van der Waals surface area contributed by atoms with Crippen LogP contribution in [-0.4, -0.2) is 10.7 Å². The molecule has 0 aliphatic heterocycles. The number of hydrogen-bond donors (Lipinski definition) is 1. The molecule has 0 saturated heterocycles. The van der Waals surface area contributed by atoms with Crippen LogP contribution in [-0.2, 0) is 6.42 Å². The summed E-state index contributed by atoms with van der Waals surface area (Å²) in [5, 5.41) is 11.6. The Morgan fingerprint density at radius 3 is 2.68 bits per heavy atom. The van der Waals surface area contributed by atoms with Crippen LogP contribution < -0.4 is 0 Å². The van der Waals surface area contributed by atoms with Gasteiger partial charge in [-0.2, -0.15) is 0 Å². The topological polar surface area (TPSA) is 20.2 Å². The summed E-state index contributed by atoms with van der Waals surface area (Å²) in [6.07, 6.45) is 6.02. The van der Waals surface area contributed by atoms with Crippen molar-refractivity contribution in [1.29, 1.82) is 0 Å². The second kappa shape index (κ2) is 6.28. The average Bonchev–Trinajstić information content (AvgIpc) is 2.55. The van der Waals surface area contributed by atoms with Crippen molar-refractivity contribution < 1.29 is 5.11 Å². The second-order valence-corrected chi connectivity index (χ2v) is 6.83. The molecule has 1 saturated carbocycles. The van der Waals surface area contributed by atoms with Gasteiger partial charge in [-0.05, 0) is 42.7 Å². The highest BCUT2D eigenvalue weighted by Crippen LogP contribution is 2.36. The lowest BCUT2D eigenvalue weighted by molar-refractivity contribution is 0.0237. The summed E-state index contributed by atoms with van der Waals surface area (Å²) in [7, 11) is 0. The Balaban J connectivity index is 2.05. The van der Waals surface area contributed by atoms with Gasteiger partial charge in [-0.3, -0.25) is 0 Å². The Bertz CT molecular complexity index is 415. The number of benzene rings is 1. The van der Waals surface area contributed by atoms with E-state index < -0.39 is 5.60 Å².